The van der Waals surface area contributed by atoms with E-state index in [9.17, 15) is 4.79 Å². The number of nitrogens with zero attached hydrogens (tertiary/aromatic N) is 1. The van der Waals surface area contributed by atoms with Gasteiger partial charge < -0.3 is 10.6 Å². The monoisotopic (exact) mass is 308 g/mol. The fraction of sp³-hybridized carbons (Fsp3) is 0.222. The molecule has 1 fully saturated rings. The van der Waals surface area contributed by atoms with E-state index >= 15 is 0 Å². The lowest BCUT2D eigenvalue weighted by Crippen LogP contribution is -2.61. The zero-order valence-electron chi connectivity index (χ0n) is 7.51. The van der Waals surface area contributed by atoms with Crippen molar-refractivity contribution in [1.29, 1.82) is 0 Å². The number of anilines is 1. The standard InChI is InChI=1S/C9H7BrCl2N2O/c10-4-1-5(11)8(6(12)2-4)14-3-7(13)9(14)15/h1-2,7H,3,13H2. The third-order valence-electron chi connectivity index (χ3n) is 2.21. The fourth-order valence-electron chi connectivity index (χ4n) is 1.45. The average molecular weight is 310 g/mol. The Labute approximate surface area is 105 Å². The number of nitrogens with two attached hydrogens (primary N) is 1. The summed E-state index contributed by atoms with van der Waals surface area (Å²) in [5.74, 6) is -0.152. The van der Waals surface area contributed by atoms with E-state index in [1.54, 1.807) is 12.1 Å². The summed E-state index contributed by atoms with van der Waals surface area (Å²) in [7, 11) is 0. The second-order valence-electron chi connectivity index (χ2n) is 3.27. The Morgan fingerprint density at radius 1 is 1.40 bits per heavy atom. The molecule has 0 radical (unpaired) electrons. The van der Waals surface area contributed by atoms with Crippen molar-refractivity contribution in [3.05, 3.63) is 26.7 Å². The maximum absolute atomic E-state index is 11.4. The molecule has 2 rings (SSSR count). The number of hydrogen-bond acceptors (Lipinski definition) is 2. The van der Waals surface area contributed by atoms with E-state index in [2.05, 4.69) is 15.9 Å². The number of benzene rings is 1. The zero-order valence-corrected chi connectivity index (χ0v) is 10.6. The quantitative estimate of drug-likeness (QED) is 0.810. The van der Waals surface area contributed by atoms with Gasteiger partial charge >= 0.3 is 0 Å². The van der Waals surface area contributed by atoms with E-state index in [-0.39, 0.29) is 5.91 Å². The van der Waals surface area contributed by atoms with Crippen molar-refractivity contribution in [2.75, 3.05) is 11.4 Å². The summed E-state index contributed by atoms with van der Waals surface area (Å²) in [6.07, 6.45) is 0. The molecule has 3 nitrogen and oxygen atoms in total. The van der Waals surface area contributed by atoms with Crippen LogP contribution in [-0.4, -0.2) is 18.5 Å². The molecule has 0 spiro atoms. The molecule has 2 N–H and O–H groups in total. The van der Waals surface area contributed by atoms with Crippen LogP contribution in [0.4, 0.5) is 5.69 Å². The lowest BCUT2D eigenvalue weighted by molar-refractivity contribution is -0.123. The summed E-state index contributed by atoms with van der Waals surface area (Å²) >= 11 is 15.3. The van der Waals surface area contributed by atoms with Gasteiger partial charge in [0.1, 0.15) is 6.04 Å². The molecule has 1 saturated heterocycles. The van der Waals surface area contributed by atoms with E-state index in [0.29, 0.717) is 22.3 Å². The van der Waals surface area contributed by atoms with Crippen molar-refractivity contribution in [3.8, 4) is 0 Å². The first-order chi connectivity index (χ1) is 7.00. The minimum atomic E-state index is -0.430. The number of β-lactam (4-membered cyclic amide) rings is 1. The Bertz CT molecular complexity index is 415. The maximum Gasteiger partial charge on any atom is 0.245 e. The second kappa shape index (κ2) is 3.94. The molecule has 15 heavy (non-hydrogen) atoms. The minimum Gasteiger partial charge on any atom is -0.318 e. The Hall–Kier alpha value is -0.290. The maximum atomic E-state index is 11.4. The Morgan fingerprint density at radius 2 is 1.93 bits per heavy atom. The van der Waals surface area contributed by atoms with Crippen LogP contribution in [0.2, 0.25) is 10.0 Å². The molecule has 6 heteroatoms. The van der Waals surface area contributed by atoms with E-state index < -0.39 is 6.04 Å². The van der Waals surface area contributed by atoms with Gasteiger partial charge in [0.2, 0.25) is 5.91 Å². The van der Waals surface area contributed by atoms with Crippen LogP contribution in [0.1, 0.15) is 0 Å². The van der Waals surface area contributed by atoms with E-state index in [1.165, 1.54) is 4.90 Å². The topological polar surface area (TPSA) is 46.3 Å². The van der Waals surface area contributed by atoms with Crippen molar-refractivity contribution < 1.29 is 4.79 Å². The number of hydrogen-bond donors (Lipinski definition) is 1. The Kier molecular flexibility index (Phi) is 2.94. The first kappa shape index (κ1) is 11.2. The van der Waals surface area contributed by atoms with Crippen molar-refractivity contribution in [3.63, 3.8) is 0 Å². The van der Waals surface area contributed by atoms with Crippen LogP contribution in [0.3, 0.4) is 0 Å². The first-order valence-electron chi connectivity index (χ1n) is 4.22. The van der Waals surface area contributed by atoms with Crippen LogP contribution in [0.5, 0.6) is 0 Å². The van der Waals surface area contributed by atoms with Gasteiger partial charge in [-0.1, -0.05) is 39.1 Å². The van der Waals surface area contributed by atoms with Crippen LogP contribution in [-0.2, 0) is 4.79 Å². The smallest absolute Gasteiger partial charge is 0.245 e. The highest BCUT2D eigenvalue weighted by molar-refractivity contribution is 9.10. The lowest BCUT2D eigenvalue weighted by Gasteiger charge is -2.37. The predicted molar refractivity (Wildman–Crippen MR) is 64.5 cm³/mol. The van der Waals surface area contributed by atoms with Crippen LogP contribution >= 0.6 is 39.1 Å². The summed E-state index contributed by atoms with van der Waals surface area (Å²) in [6, 6.07) is 2.96. The van der Waals surface area contributed by atoms with Crippen molar-refractivity contribution in [2.24, 2.45) is 5.73 Å². The highest BCUT2D eigenvalue weighted by Crippen LogP contribution is 2.38. The van der Waals surface area contributed by atoms with Crippen molar-refractivity contribution in [1.82, 2.24) is 0 Å². The van der Waals surface area contributed by atoms with Crippen LogP contribution in [0.25, 0.3) is 0 Å². The molecule has 1 unspecified atom stereocenters. The summed E-state index contributed by atoms with van der Waals surface area (Å²) in [5, 5.41) is 0.879. The van der Waals surface area contributed by atoms with E-state index in [1.807, 2.05) is 0 Å². The molecule has 1 atom stereocenters. The number of amides is 1. The normalized spacial score (nSPS) is 20.4. The van der Waals surface area contributed by atoms with E-state index in [0.717, 1.165) is 4.47 Å². The average Bonchev–Trinajstić information content (AvgIpc) is 2.15. The number of carbonyl (C=O) groups excluding carboxylic acids is 1. The molecule has 1 amide bonds. The fourth-order valence-corrected chi connectivity index (χ4v) is 2.86. The third-order valence-corrected chi connectivity index (χ3v) is 3.25. The van der Waals surface area contributed by atoms with Crippen molar-refractivity contribution in [2.45, 2.75) is 6.04 Å². The molecule has 80 valence electrons. The summed E-state index contributed by atoms with van der Waals surface area (Å²) in [6.45, 7) is 0.458. The van der Waals surface area contributed by atoms with Gasteiger partial charge in [0.15, 0.2) is 0 Å². The van der Waals surface area contributed by atoms with Gasteiger partial charge in [0.25, 0.3) is 0 Å². The molecule has 1 aliphatic rings. The summed E-state index contributed by atoms with van der Waals surface area (Å²) in [5.41, 5.74) is 6.03. The van der Waals surface area contributed by atoms with Gasteiger partial charge in [-0.2, -0.15) is 0 Å². The molecule has 1 aromatic carbocycles. The zero-order chi connectivity index (χ0) is 11.2. The van der Waals surface area contributed by atoms with Crippen LogP contribution in [0.15, 0.2) is 16.6 Å². The molecule has 0 aliphatic carbocycles. The first-order valence-corrected chi connectivity index (χ1v) is 5.77. The van der Waals surface area contributed by atoms with Crippen LogP contribution < -0.4 is 10.6 Å². The molecule has 1 heterocycles. The second-order valence-corrected chi connectivity index (χ2v) is 5.00. The highest BCUT2D eigenvalue weighted by Gasteiger charge is 2.36. The van der Waals surface area contributed by atoms with Gasteiger partial charge in [-0.05, 0) is 12.1 Å². The molecule has 1 aromatic rings. The van der Waals surface area contributed by atoms with Gasteiger partial charge in [0.05, 0.1) is 22.3 Å². The van der Waals surface area contributed by atoms with Gasteiger partial charge in [-0.3, -0.25) is 4.79 Å². The van der Waals surface area contributed by atoms with Gasteiger partial charge in [-0.15, -0.1) is 0 Å². The van der Waals surface area contributed by atoms with Gasteiger partial charge in [0, 0.05) is 4.47 Å². The molecule has 0 bridgehead atoms. The third kappa shape index (κ3) is 1.87. The minimum absolute atomic E-state index is 0.152. The lowest BCUT2D eigenvalue weighted by atomic mass is 10.1. The molecule has 0 saturated carbocycles. The largest absolute Gasteiger partial charge is 0.318 e. The number of rotatable bonds is 1. The summed E-state index contributed by atoms with van der Waals surface area (Å²) < 4.78 is 0.776. The predicted octanol–water partition coefficient (Wildman–Crippen LogP) is 2.43. The number of carbonyl (C=O) groups is 1. The SMILES string of the molecule is NC1CN(c2c(Cl)cc(Br)cc2Cl)C1=O. The Morgan fingerprint density at radius 3 is 2.33 bits per heavy atom. The van der Waals surface area contributed by atoms with Crippen molar-refractivity contribution >= 4 is 50.7 Å². The molecular weight excluding hydrogens is 303 g/mol. The van der Waals surface area contributed by atoms with Crippen LogP contribution in [0, 0.1) is 0 Å². The van der Waals surface area contributed by atoms with Gasteiger partial charge in [-0.25, -0.2) is 0 Å². The molecule has 0 aromatic heterocycles. The highest BCUT2D eigenvalue weighted by atomic mass is 79.9. The molecular formula is C9H7BrCl2N2O. The van der Waals surface area contributed by atoms with E-state index in [4.69, 9.17) is 28.9 Å². The Balaban J connectivity index is 2.41. The number of halogens is 3. The summed E-state index contributed by atoms with van der Waals surface area (Å²) in [4.78, 5) is 12.9. The molecule has 1 aliphatic heterocycles.